The van der Waals surface area contributed by atoms with Crippen LogP contribution >= 0.6 is 23.2 Å². The molecule has 0 saturated carbocycles. The Hall–Kier alpha value is -2.04. The highest BCUT2D eigenvalue weighted by Gasteiger charge is 2.20. The normalized spacial score (nSPS) is 14.0. The second-order valence-electron chi connectivity index (χ2n) is 5.93. The van der Waals surface area contributed by atoms with Crippen LogP contribution in [0.3, 0.4) is 0 Å². The Bertz CT molecular complexity index is 807. The van der Waals surface area contributed by atoms with Gasteiger partial charge < -0.3 is 9.64 Å². The molecule has 6 heteroatoms. The molecule has 3 rings (SSSR count). The smallest absolute Gasteiger partial charge is 0.338 e. The molecule has 0 atom stereocenters. The summed E-state index contributed by atoms with van der Waals surface area (Å²) >= 11 is 11.9. The molecular weight excluding hydrogens is 361 g/mol. The number of ether oxygens (including phenoxy) is 1. The molecule has 2 aromatic rings. The summed E-state index contributed by atoms with van der Waals surface area (Å²) in [5, 5.41) is 0.992. The van der Waals surface area contributed by atoms with Gasteiger partial charge in [-0.15, -0.1) is 0 Å². The van der Waals surface area contributed by atoms with Crippen LogP contribution in [0.1, 0.15) is 34.3 Å². The Balaban J connectivity index is 1.63. The van der Waals surface area contributed by atoms with Gasteiger partial charge >= 0.3 is 5.97 Å². The second kappa shape index (κ2) is 7.89. The van der Waals surface area contributed by atoms with Gasteiger partial charge in [0.05, 0.1) is 5.56 Å². The zero-order valence-electron chi connectivity index (χ0n) is 13.5. The summed E-state index contributed by atoms with van der Waals surface area (Å²) in [6.07, 6.45) is 1.49. The van der Waals surface area contributed by atoms with Crippen molar-refractivity contribution in [3.8, 4) is 0 Å². The molecule has 1 fully saturated rings. The molecule has 2 aromatic carbocycles. The fourth-order valence-corrected chi connectivity index (χ4v) is 3.22. The standard InChI is InChI=1S/C19H17Cl2NO3/c20-16-7-6-15(17(21)10-16)12-25-19(24)14-4-1-3-13(9-14)11-22-8-2-5-18(22)23/h1,3-4,6-7,9-10H,2,5,8,11-12H2. The van der Waals surface area contributed by atoms with Gasteiger partial charge in [-0.25, -0.2) is 4.79 Å². The number of amides is 1. The topological polar surface area (TPSA) is 46.6 Å². The largest absolute Gasteiger partial charge is 0.457 e. The lowest BCUT2D eigenvalue weighted by Crippen LogP contribution is -2.23. The van der Waals surface area contributed by atoms with Crippen LogP contribution in [0.25, 0.3) is 0 Å². The van der Waals surface area contributed by atoms with Gasteiger partial charge in [-0.05, 0) is 36.2 Å². The first kappa shape index (κ1) is 17.8. The van der Waals surface area contributed by atoms with E-state index in [1.807, 2.05) is 6.07 Å². The molecule has 0 aromatic heterocycles. The highest BCUT2D eigenvalue weighted by atomic mass is 35.5. The molecule has 0 spiro atoms. The minimum absolute atomic E-state index is 0.0731. The quantitative estimate of drug-likeness (QED) is 0.721. The maximum atomic E-state index is 12.3. The Labute approximate surface area is 156 Å². The number of nitrogens with zero attached hydrogens (tertiary/aromatic N) is 1. The average molecular weight is 378 g/mol. The summed E-state index contributed by atoms with van der Waals surface area (Å²) in [6, 6.07) is 12.2. The first-order chi connectivity index (χ1) is 12.0. The van der Waals surface area contributed by atoms with E-state index in [4.69, 9.17) is 27.9 Å². The summed E-state index contributed by atoms with van der Waals surface area (Å²) < 4.78 is 5.33. The van der Waals surface area contributed by atoms with Gasteiger partial charge in [0.25, 0.3) is 0 Å². The summed E-state index contributed by atoms with van der Waals surface area (Å²) in [5.74, 6) is -0.272. The molecule has 1 amide bonds. The molecule has 130 valence electrons. The van der Waals surface area contributed by atoms with E-state index in [1.165, 1.54) is 0 Å². The lowest BCUT2D eigenvalue weighted by atomic mass is 10.1. The van der Waals surface area contributed by atoms with E-state index in [0.29, 0.717) is 34.1 Å². The van der Waals surface area contributed by atoms with E-state index in [9.17, 15) is 9.59 Å². The third kappa shape index (κ3) is 4.53. The number of likely N-dealkylation sites (tertiary alicyclic amines) is 1. The van der Waals surface area contributed by atoms with Gasteiger partial charge in [0.15, 0.2) is 0 Å². The Morgan fingerprint density at radius 3 is 2.72 bits per heavy atom. The molecule has 0 N–H and O–H groups in total. The van der Waals surface area contributed by atoms with Crippen LogP contribution in [-0.4, -0.2) is 23.3 Å². The number of hydrogen-bond donors (Lipinski definition) is 0. The van der Waals surface area contributed by atoms with Crippen molar-refractivity contribution in [1.29, 1.82) is 0 Å². The number of esters is 1. The molecule has 0 unspecified atom stereocenters. The molecule has 25 heavy (non-hydrogen) atoms. The van der Waals surface area contributed by atoms with Gasteiger partial charge in [-0.2, -0.15) is 0 Å². The predicted octanol–water partition coefficient (Wildman–Crippen LogP) is 4.47. The van der Waals surface area contributed by atoms with Crippen LogP contribution in [0.2, 0.25) is 10.0 Å². The molecule has 0 bridgehead atoms. The first-order valence-corrected chi connectivity index (χ1v) is 8.76. The van der Waals surface area contributed by atoms with Crippen molar-refractivity contribution in [3.63, 3.8) is 0 Å². The summed E-state index contributed by atoms with van der Waals surface area (Å²) in [4.78, 5) is 25.8. The van der Waals surface area contributed by atoms with Crippen molar-refractivity contribution in [2.45, 2.75) is 26.0 Å². The van der Waals surface area contributed by atoms with Crippen LogP contribution in [0.4, 0.5) is 0 Å². The highest BCUT2D eigenvalue weighted by Crippen LogP contribution is 2.22. The number of halogens is 2. The number of hydrogen-bond acceptors (Lipinski definition) is 3. The number of rotatable bonds is 5. The maximum absolute atomic E-state index is 12.3. The van der Waals surface area contributed by atoms with E-state index in [1.54, 1.807) is 41.3 Å². The van der Waals surface area contributed by atoms with Crippen LogP contribution in [0.5, 0.6) is 0 Å². The minimum Gasteiger partial charge on any atom is -0.457 e. The maximum Gasteiger partial charge on any atom is 0.338 e. The molecule has 1 aliphatic heterocycles. The second-order valence-corrected chi connectivity index (χ2v) is 6.77. The molecular formula is C19H17Cl2NO3. The van der Waals surface area contributed by atoms with E-state index in [0.717, 1.165) is 18.5 Å². The molecule has 1 heterocycles. The molecule has 0 aliphatic carbocycles. The summed E-state index contributed by atoms with van der Waals surface area (Å²) in [6.45, 7) is 1.36. The average Bonchev–Trinajstić information content (AvgIpc) is 2.99. The number of carbonyl (C=O) groups is 2. The Morgan fingerprint density at radius 1 is 1.16 bits per heavy atom. The van der Waals surface area contributed by atoms with Gasteiger partial charge in [0.1, 0.15) is 6.61 Å². The van der Waals surface area contributed by atoms with Crippen molar-refractivity contribution < 1.29 is 14.3 Å². The van der Waals surface area contributed by atoms with Crippen LogP contribution in [0.15, 0.2) is 42.5 Å². The third-order valence-corrected chi connectivity index (χ3v) is 4.67. The lowest BCUT2D eigenvalue weighted by Gasteiger charge is -2.16. The van der Waals surface area contributed by atoms with E-state index >= 15 is 0 Å². The highest BCUT2D eigenvalue weighted by molar-refractivity contribution is 6.35. The number of carbonyl (C=O) groups excluding carboxylic acids is 2. The van der Waals surface area contributed by atoms with Crippen LogP contribution in [-0.2, 0) is 22.7 Å². The van der Waals surface area contributed by atoms with Crippen molar-refractivity contribution >= 4 is 35.1 Å². The van der Waals surface area contributed by atoms with E-state index in [2.05, 4.69) is 0 Å². The van der Waals surface area contributed by atoms with E-state index < -0.39 is 5.97 Å². The fraction of sp³-hybridized carbons (Fsp3) is 0.263. The summed E-state index contributed by atoms with van der Waals surface area (Å²) in [5.41, 5.74) is 2.06. The molecule has 0 radical (unpaired) electrons. The molecule has 1 saturated heterocycles. The zero-order valence-corrected chi connectivity index (χ0v) is 15.0. The van der Waals surface area contributed by atoms with E-state index in [-0.39, 0.29) is 12.5 Å². The first-order valence-electron chi connectivity index (χ1n) is 8.01. The van der Waals surface area contributed by atoms with Gasteiger partial charge in [-0.1, -0.05) is 41.4 Å². The van der Waals surface area contributed by atoms with Crippen molar-refractivity contribution in [2.24, 2.45) is 0 Å². The lowest BCUT2D eigenvalue weighted by molar-refractivity contribution is -0.128. The molecule has 4 nitrogen and oxygen atoms in total. The third-order valence-electron chi connectivity index (χ3n) is 4.08. The fourth-order valence-electron chi connectivity index (χ4n) is 2.75. The van der Waals surface area contributed by atoms with Crippen molar-refractivity contribution in [3.05, 3.63) is 69.2 Å². The van der Waals surface area contributed by atoms with Crippen molar-refractivity contribution in [1.82, 2.24) is 4.90 Å². The van der Waals surface area contributed by atoms with Gasteiger partial charge in [-0.3, -0.25) is 4.79 Å². The minimum atomic E-state index is -0.430. The van der Waals surface area contributed by atoms with Gasteiger partial charge in [0.2, 0.25) is 5.91 Å². The van der Waals surface area contributed by atoms with Crippen LogP contribution < -0.4 is 0 Å². The summed E-state index contributed by atoms with van der Waals surface area (Å²) in [7, 11) is 0. The van der Waals surface area contributed by atoms with Crippen molar-refractivity contribution in [2.75, 3.05) is 6.54 Å². The number of benzene rings is 2. The Kier molecular flexibility index (Phi) is 5.61. The monoisotopic (exact) mass is 377 g/mol. The SMILES string of the molecule is O=C(OCc1ccc(Cl)cc1Cl)c1cccc(CN2CCCC2=O)c1. The van der Waals surface area contributed by atoms with Crippen LogP contribution in [0, 0.1) is 0 Å². The molecule has 1 aliphatic rings. The zero-order chi connectivity index (χ0) is 17.8. The predicted molar refractivity (Wildman–Crippen MR) is 96.7 cm³/mol. The van der Waals surface area contributed by atoms with Gasteiger partial charge in [0, 0.05) is 35.1 Å². The Morgan fingerprint density at radius 2 is 2.00 bits per heavy atom.